The Hall–Kier alpha value is -2.22. The number of hydrogen-bond acceptors (Lipinski definition) is 6. The molecule has 0 aliphatic carbocycles. The van der Waals surface area contributed by atoms with Crippen LogP contribution in [0.1, 0.15) is 31.4 Å². The van der Waals surface area contributed by atoms with Gasteiger partial charge < -0.3 is 10.4 Å². The molecule has 0 bridgehead atoms. The van der Waals surface area contributed by atoms with E-state index in [9.17, 15) is 25.3 Å². The van der Waals surface area contributed by atoms with E-state index in [0.29, 0.717) is 17.5 Å². The predicted octanol–water partition coefficient (Wildman–Crippen LogP) is 2.69. The van der Waals surface area contributed by atoms with Gasteiger partial charge in [0, 0.05) is 11.6 Å². The molecule has 0 spiro atoms. The zero-order valence-electron chi connectivity index (χ0n) is 12.4. The fraction of sp³-hybridized carbons (Fsp3) is 0.538. The number of anilines is 1. The van der Waals surface area contributed by atoms with Crippen molar-refractivity contribution >= 4 is 17.1 Å². The molecule has 0 aromatic heterocycles. The molecule has 0 aliphatic rings. The summed E-state index contributed by atoms with van der Waals surface area (Å²) in [7, 11) is 0. The fourth-order valence-electron chi connectivity index (χ4n) is 2.14. The summed E-state index contributed by atoms with van der Waals surface area (Å²) < 4.78 is 0. The standard InChI is InChI=1S/C13H19N3O5/c1-5-10(9(4)17)14-12-11(15(18)19)6-7(2)8(3)13(12)16(20)21/h6,9-10,14,17H,5H2,1-4H3. The third-order valence-corrected chi connectivity index (χ3v) is 3.52. The highest BCUT2D eigenvalue weighted by Crippen LogP contribution is 2.39. The van der Waals surface area contributed by atoms with Crippen LogP contribution in [0.5, 0.6) is 0 Å². The van der Waals surface area contributed by atoms with Crippen LogP contribution in [0.15, 0.2) is 6.07 Å². The molecule has 1 aromatic carbocycles. The minimum Gasteiger partial charge on any atom is -0.391 e. The van der Waals surface area contributed by atoms with E-state index in [0.717, 1.165) is 0 Å². The average Bonchev–Trinajstić information content (AvgIpc) is 2.38. The first-order valence-electron chi connectivity index (χ1n) is 6.58. The average molecular weight is 297 g/mol. The summed E-state index contributed by atoms with van der Waals surface area (Å²) in [5, 5.41) is 34.9. The van der Waals surface area contributed by atoms with Gasteiger partial charge in [-0.3, -0.25) is 20.2 Å². The second-order valence-electron chi connectivity index (χ2n) is 4.98. The first kappa shape index (κ1) is 16.8. The van der Waals surface area contributed by atoms with E-state index in [2.05, 4.69) is 5.32 Å². The lowest BCUT2D eigenvalue weighted by Crippen LogP contribution is -2.31. The Kier molecular flexibility index (Phi) is 5.20. The Morgan fingerprint density at radius 1 is 1.29 bits per heavy atom. The van der Waals surface area contributed by atoms with Gasteiger partial charge in [0.2, 0.25) is 0 Å². The number of aliphatic hydroxyl groups is 1. The van der Waals surface area contributed by atoms with Crippen molar-refractivity contribution in [2.24, 2.45) is 0 Å². The van der Waals surface area contributed by atoms with E-state index in [-0.39, 0.29) is 17.1 Å². The van der Waals surface area contributed by atoms with Gasteiger partial charge >= 0.3 is 5.69 Å². The number of rotatable bonds is 6. The molecule has 0 saturated heterocycles. The highest BCUT2D eigenvalue weighted by Gasteiger charge is 2.31. The van der Waals surface area contributed by atoms with Gasteiger partial charge in [-0.05, 0) is 32.8 Å². The molecule has 2 atom stereocenters. The van der Waals surface area contributed by atoms with Gasteiger partial charge in [0.25, 0.3) is 5.69 Å². The molecule has 0 aliphatic heterocycles. The van der Waals surface area contributed by atoms with Crippen molar-refractivity contribution in [3.8, 4) is 0 Å². The third kappa shape index (κ3) is 3.46. The fourth-order valence-corrected chi connectivity index (χ4v) is 2.14. The summed E-state index contributed by atoms with van der Waals surface area (Å²) in [5.41, 5.74) is 0.0168. The van der Waals surface area contributed by atoms with Crippen LogP contribution < -0.4 is 5.32 Å². The van der Waals surface area contributed by atoms with Gasteiger partial charge in [-0.1, -0.05) is 6.92 Å². The van der Waals surface area contributed by atoms with E-state index in [1.165, 1.54) is 13.0 Å². The molecule has 0 amide bonds. The molecule has 0 fully saturated rings. The minimum atomic E-state index is -0.796. The topological polar surface area (TPSA) is 119 Å². The minimum absolute atomic E-state index is 0.152. The number of nitro benzene ring substituents is 2. The number of nitrogens with zero attached hydrogens (tertiary/aromatic N) is 2. The Morgan fingerprint density at radius 2 is 1.86 bits per heavy atom. The van der Waals surface area contributed by atoms with Crippen LogP contribution in [0, 0.1) is 34.1 Å². The molecular weight excluding hydrogens is 278 g/mol. The quantitative estimate of drug-likeness (QED) is 0.615. The zero-order valence-corrected chi connectivity index (χ0v) is 12.4. The summed E-state index contributed by atoms with van der Waals surface area (Å²) in [6.45, 7) is 6.44. The maximum absolute atomic E-state index is 11.3. The van der Waals surface area contributed by atoms with Gasteiger partial charge in [-0.2, -0.15) is 0 Å². The molecule has 8 nitrogen and oxygen atoms in total. The monoisotopic (exact) mass is 297 g/mol. The molecule has 0 saturated carbocycles. The molecule has 8 heteroatoms. The van der Waals surface area contributed by atoms with Gasteiger partial charge in [0.15, 0.2) is 5.69 Å². The van der Waals surface area contributed by atoms with Crippen molar-refractivity contribution < 1.29 is 15.0 Å². The molecule has 0 radical (unpaired) electrons. The van der Waals surface area contributed by atoms with Crippen LogP contribution >= 0.6 is 0 Å². The molecule has 116 valence electrons. The summed E-state index contributed by atoms with van der Waals surface area (Å²) in [4.78, 5) is 21.2. The number of aliphatic hydroxyl groups excluding tert-OH is 1. The van der Waals surface area contributed by atoms with E-state index in [1.54, 1.807) is 20.8 Å². The van der Waals surface area contributed by atoms with Gasteiger partial charge in [-0.15, -0.1) is 0 Å². The lowest BCUT2D eigenvalue weighted by atomic mass is 10.0. The smallest absolute Gasteiger partial charge is 0.302 e. The molecule has 1 aromatic rings. The normalized spacial score (nSPS) is 13.6. The molecule has 2 N–H and O–H groups in total. The zero-order chi connectivity index (χ0) is 16.3. The third-order valence-electron chi connectivity index (χ3n) is 3.52. The van der Waals surface area contributed by atoms with Gasteiger partial charge in [0.05, 0.1) is 22.0 Å². The Morgan fingerprint density at radius 3 is 2.24 bits per heavy atom. The Balaban J connectivity index is 3.55. The van der Waals surface area contributed by atoms with Crippen molar-refractivity contribution in [2.45, 2.75) is 46.3 Å². The number of nitro groups is 2. The Bertz CT molecular complexity index is 571. The Labute approximate surface area is 122 Å². The van der Waals surface area contributed by atoms with E-state index >= 15 is 0 Å². The molecule has 0 heterocycles. The summed E-state index contributed by atoms with van der Waals surface area (Å²) in [5.74, 6) is 0. The largest absolute Gasteiger partial charge is 0.391 e. The van der Waals surface area contributed by atoms with Crippen molar-refractivity contribution in [1.29, 1.82) is 0 Å². The number of aryl methyl sites for hydroxylation is 1. The molecule has 2 unspecified atom stereocenters. The predicted molar refractivity (Wildman–Crippen MR) is 78.6 cm³/mol. The summed E-state index contributed by atoms with van der Waals surface area (Å²) in [6, 6.07) is 0.795. The van der Waals surface area contributed by atoms with Crippen molar-refractivity contribution in [1.82, 2.24) is 0 Å². The van der Waals surface area contributed by atoms with Crippen LogP contribution in [0.2, 0.25) is 0 Å². The lowest BCUT2D eigenvalue weighted by molar-refractivity contribution is -0.392. The van der Waals surface area contributed by atoms with E-state index in [1.807, 2.05) is 0 Å². The number of benzene rings is 1. The summed E-state index contributed by atoms with van der Waals surface area (Å²) in [6.07, 6.45) is -0.324. The number of nitrogens with one attached hydrogen (secondary N) is 1. The van der Waals surface area contributed by atoms with Crippen LogP contribution in [-0.4, -0.2) is 27.1 Å². The van der Waals surface area contributed by atoms with Crippen molar-refractivity contribution in [3.05, 3.63) is 37.4 Å². The highest BCUT2D eigenvalue weighted by molar-refractivity contribution is 5.78. The van der Waals surface area contributed by atoms with Crippen LogP contribution in [0.4, 0.5) is 17.1 Å². The van der Waals surface area contributed by atoms with E-state index in [4.69, 9.17) is 0 Å². The second kappa shape index (κ2) is 6.49. The summed E-state index contributed by atoms with van der Waals surface area (Å²) >= 11 is 0. The first-order valence-corrected chi connectivity index (χ1v) is 6.58. The number of hydrogen-bond donors (Lipinski definition) is 2. The van der Waals surface area contributed by atoms with Crippen LogP contribution in [0.3, 0.4) is 0 Å². The highest BCUT2D eigenvalue weighted by atomic mass is 16.6. The van der Waals surface area contributed by atoms with Gasteiger partial charge in [-0.25, -0.2) is 0 Å². The molecular formula is C13H19N3O5. The maximum atomic E-state index is 11.3. The van der Waals surface area contributed by atoms with Gasteiger partial charge in [0.1, 0.15) is 0 Å². The van der Waals surface area contributed by atoms with E-state index < -0.39 is 22.0 Å². The molecule has 21 heavy (non-hydrogen) atoms. The van der Waals surface area contributed by atoms with Crippen molar-refractivity contribution in [2.75, 3.05) is 5.32 Å². The maximum Gasteiger partial charge on any atom is 0.302 e. The first-order chi connectivity index (χ1) is 9.70. The second-order valence-corrected chi connectivity index (χ2v) is 4.98. The van der Waals surface area contributed by atoms with Crippen LogP contribution in [0.25, 0.3) is 0 Å². The van der Waals surface area contributed by atoms with Crippen LogP contribution in [-0.2, 0) is 0 Å². The lowest BCUT2D eigenvalue weighted by Gasteiger charge is -2.21. The SMILES string of the molecule is CCC(Nc1c([N+](=O)[O-])cc(C)c(C)c1[N+](=O)[O-])C(C)O. The molecule has 1 rings (SSSR count). The van der Waals surface area contributed by atoms with Crippen molar-refractivity contribution in [3.63, 3.8) is 0 Å².